The number of hydrogen-bond donors (Lipinski definition) is 0. The van der Waals surface area contributed by atoms with E-state index in [2.05, 4.69) is 0 Å². The van der Waals surface area contributed by atoms with Crippen LogP contribution in [0.5, 0.6) is 17.2 Å². The number of rotatable bonds is 9. The van der Waals surface area contributed by atoms with Crippen LogP contribution in [0, 0.1) is 0 Å². The Bertz CT molecular complexity index is 996. The highest BCUT2D eigenvalue weighted by Crippen LogP contribution is 2.18. The van der Waals surface area contributed by atoms with Gasteiger partial charge in [0.05, 0.1) is 17.2 Å². The van der Waals surface area contributed by atoms with Crippen LogP contribution in [0.2, 0.25) is 0 Å². The van der Waals surface area contributed by atoms with Crippen LogP contribution in [0.4, 0.5) is 0 Å². The molecule has 0 radical (unpaired) electrons. The van der Waals surface area contributed by atoms with Crippen molar-refractivity contribution in [1.29, 1.82) is 0 Å². The first-order valence-corrected chi connectivity index (χ1v) is 9.95. The lowest BCUT2D eigenvalue weighted by atomic mass is 10.2. The van der Waals surface area contributed by atoms with Crippen molar-refractivity contribution in [2.75, 3.05) is 13.2 Å². The van der Waals surface area contributed by atoms with Gasteiger partial charge in [-0.25, -0.2) is 9.59 Å². The molecule has 160 valence electrons. The minimum absolute atomic E-state index is 0.0465. The first-order chi connectivity index (χ1) is 15.0. The molecule has 31 heavy (non-hydrogen) atoms. The van der Waals surface area contributed by atoms with Crippen molar-refractivity contribution in [3.05, 3.63) is 90.0 Å². The average molecular weight is 420 g/mol. The number of carbonyl (C=O) groups is 2. The molecular weight excluding hydrogens is 396 g/mol. The lowest BCUT2D eigenvalue weighted by Gasteiger charge is -2.10. The van der Waals surface area contributed by atoms with Crippen molar-refractivity contribution >= 4 is 11.9 Å². The predicted molar refractivity (Wildman–Crippen MR) is 116 cm³/mol. The maximum atomic E-state index is 12.4. The normalized spacial score (nSPS) is 10.4. The van der Waals surface area contributed by atoms with Crippen LogP contribution in [0.3, 0.4) is 0 Å². The number of para-hydroxylation sites is 1. The van der Waals surface area contributed by atoms with Gasteiger partial charge < -0.3 is 18.9 Å². The first kappa shape index (κ1) is 21.9. The molecule has 3 aromatic carbocycles. The number of benzene rings is 3. The zero-order chi connectivity index (χ0) is 22.1. The average Bonchev–Trinajstić information content (AvgIpc) is 2.77. The second kappa shape index (κ2) is 10.8. The fourth-order valence-corrected chi connectivity index (χ4v) is 2.69. The summed E-state index contributed by atoms with van der Waals surface area (Å²) in [6, 6.07) is 22.2. The van der Waals surface area contributed by atoms with E-state index >= 15 is 0 Å². The molecule has 3 aromatic rings. The minimum Gasteiger partial charge on any atom is -0.491 e. The molecule has 0 bridgehead atoms. The van der Waals surface area contributed by atoms with E-state index in [-0.39, 0.29) is 30.6 Å². The second-order valence-corrected chi connectivity index (χ2v) is 6.91. The number of ether oxygens (including phenoxy) is 4. The van der Waals surface area contributed by atoms with Gasteiger partial charge in [-0.1, -0.05) is 24.3 Å². The van der Waals surface area contributed by atoms with Crippen molar-refractivity contribution in [2.24, 2.45) is 0 Å². The van der Waals surface area contributed by atoms with Crippen LogP contribution in [0.25, 0.3) is 0 Å². The molecule has 6 heteroatoms. The van der Waals surface area contributed by atoms with Crippen LogP contribution < -0.4 is 14.2 Å². The van der Waals surface area contributed by atoms with E-state index in [1.54, 1.807) is 42.5 Å². The van der Waals surface area contributed by atoms with Crippen LogP contribution >= 0.6 is 0 Å². The topological polar surface area (TPSA) is 71.1 Å². The highest BCUT2D eigenvalue weighted by Gasteiger charge is 2.12. The molecule has 0 aliphatic carbocycles. The van der Waals surface area contributed by atoms with E-state index in [9.17, 15) is 9.59 Å². The van der Waals surface area contributed by atoms with Gasteiger partial charge in [-0.05, 0) is 68.4 Å². The summed E-state index contributed by atoms with van der Waals surface area (Å²) < 4.78 is 21.7. The quantitative estimate of drug-likeness (QED) is 0.278. The molecule has 3 rings (SSSR count). The van der Waals surface area contributed by atoms with Gasteiger partial charge in [0, 0.05) is 0 Å². The number of hydrogen-bond acceptors (Lipinski definition) is 6. The Morgan fingerprint density at radius 1 is 0.710 bits per heavy atom. The van der Waals surface area contributed by atoms with Gasteiger partial charge in [0.15, 0.2) is 0 Å². The fraction of sp³-hybridized carbons (Fsp3) is 0.200. The van der Waals surface area contributed by atoms with E-state index in [0.29, 0.717) is 17.1 Å². The molecule has 0 atom stereocenters. The summed E-state index contributed by atoms with van der Waals surface area (Å²) in [5.41, 5.74) is 0.660. The molecule has 0 amide bonds. The van der Waals surface area contributed by atoms with Crippen molar-refractivity contribution in [3.8, 4) is 17.2 Å². The lowest BCUT2D eigenvalue weighted by Crippen LogP contribution is -2.13. The monoisotopic (exact) mass is 420 g/mol. The van der Waals surface area contributed by atoms with E-state index in [1.165, 1.54) is 6.07 Å². The van der Waals surface area contributed by atoms with Crippen molar-refractivity contribution in [1.82, 2.24) is 0 Å². The summed E-state index contributed by atoms with van der Waals surface area (Å²) in [5.74, 6) is 0.578. The molecule has 0 saturated heterocycles. The SMILES string of the molecule is CC(C)Oc1ccc(C(=O)Oc2cccc(C(=O)OCCOc3ccccc3)c2)cc1. The summed E-state index contributed by atoms with van der Waals surface area (Å²) in [6.07, 6.45) is 0.0465. The molecule has 0 fully saturated rings. The molecule has 0 spiro atoms. The molecule has 0 unspecified atom stereocenters. The van der Waals surface area contributed by atoms with Gasteiger partial charge in [-0.2, -0.15) is 0 Å². The van der Waals surface area contributed by atoms with E-state index in [1.807, 2.05) is 44.2 Å². The van der Waals surface area contributed by atoms with Crippen molar-refractivity contribution in [3.63, 3.8) is 0 Å². The predicted octanol–water partition coefficient (Wildman–Crippen LogP) is 4.93. The van der Waals surface area contributed by atoms with Gasteiger partial charge in [0.1, 0.15) is 30.5 Å². The molecular formula is C25H24O6. The Balaban J connectivity index is 1.51. The maximum absolute atomic E-state index is 12.4. The van der Waals surface area contributed by atoms with Gasteiger partial charge in [0.2, 0.25) is 0 Å². The zero-order valence-electron chi connectivity index (χ0n) is 17.4. The largest absolute Gasteiger partial charge is 0.491 e. The molecule has 0 heterocycles. The standard InChI is InChI=1S/C25H24O6/c1-18(2)30-22-13-11-19(12-14-22)25(27)31-23-10-6-7-20(17-23)24(26)29-16-15-28-21-8-4-3-5-9-21/h3-14,17-18H,15-16H2,1-2H3. The molecule has 0 aromatic heterocycles. The van der Waals surface area contributed by atoms with Gasteiger partial charge in [-0.3, -0.25) is 0 Å². The Kier molecular flexibility index (Phi) is 7.65. The van der Waals surface area contributed by atoms with E-state index < -0.39 is 11.9 Å². The summed E-state index contributed by atoms with van der Waals surface area (Å²) in [6.45, 7) is 4.19. The van der Waals surface area contributed by atoms with E-state index in [0.717, 1.165) is 0 Å². The van der Waals surface area contributed by atoms with Crippen LogP contribution in [-0.4, -0.2) is 31.3 Å². The summed E-state index contributed by atoms with van der Waals surface area (Å²) >= 11 is 0. The molecule has 0 saturated carbocycles. The molecule has 0 N–H and O–H groups in total. The Hall–Kier alpha value is -3.80. The Morgan fingerprint density at radius 3 is 2.13 bits per heavy atom. The third-order valence-corrected chi connectivity index (χ3v) is 4.07. The Labute approximate surface area is 181 Å². The highest BCUT2D eigenvalue weighted by atomic mass is 16.6. The molecule has 0 aliphatic rings. The summed E-state index contributed by atoms with van der Waals surface area (Å²) in [4.78, 5) is 24.6. The summed E-state index contributed by atoms with van der Waals surface area (Å²) in [5, 5.41) is 0. The molecule has 6 nitrogen and oxygen atoms in total. The number of carbonyl (C=O) groups excluding carboxylic acids is 2. The third kappa shape index (κ3) is 6.89. The van der Waals surface area contributed by atoms with Crippen LogP contribution in [0.15, 0.2) is 78.9 Å². The van der Waals surface area contributed by atoms with E-state index in [4.69, 9.17) is 18.9 Å². The minimum atomic E-state index is -0.530. The summed E-state index contributed by atoms with van der Waals surface area (Å²) in [7, 11) is 0. The van der Waals surface area contributed by atoms with Crippen molar-refractivity contribution in [2.45, 2.75) is 20.0 Å². The zero-order valence-corrected chi connectivity index (χ0v) is 17.4. The fourth-order valence-electron chi connectivity index (χ4n) is 2.69. The number of esters is 2. The first-order valence-electron chi connectivity index (χ1n) is 9.95. The lowest BCUT2D eigenvalue weighted by molar-refractivity contribution is 0.0449. The maximum Gasteiger partial charge on any atom is 0.343 e. The second-order valence-electron chi connectivity index (χ2n) is 6.91. The van der Waals surface area contributed by atoms with Gasteiger partial charge in [0.25, 0.3) is 0 Å². The molecule has 0 aliphatic heterocycles. The highest BCUT2D eigenvalue weighted by molar-refractivity contribution is 5.92. The van der Waals surface area contributed by atoms with Crippen molar-refractivity contribution < 1.29 is 28.5 Å². The van der Waals surface area contributed by atoms with Gasteiger partial charge >= 0.3 is 11.9 Å². The Morgan fingerprint density at radius 2 is 1.42 bits per heavy atom. The smallest absolute Gasteiger partial charge is 0.343 e. The third-order valence-electron chi connectivity index (χ3n) is 4.07. The van der Waals surface area contributed by atoms with Gasteiger partial charge in [-0.15, -0.1) is 0 Å². The van der Waals surface area contributed by atoms with Crippen LogP contribution in [0.1, 0.15) is 34.6 Å². The van der Waals surface area contributed by atoms with Crippen LogP contribution in [-0.2, 0) is 4.74 Å².